The summed E-state index contributed by atoms with van der Waals surface area (Å²) >= 11 is 0. The lowest BCUT2D eigenvalue weighted by atomic mass is 10.1. The molecule has 26 heavy (non-hydrogen) atoms. The van der Waals surface area contributed by atoms with Crippen LogP contribution >= 0.6 is 0 Å². The Morgan fingerprint density at radius 2 is 1.65 bits per heavy atom. The number of benzene rings is 2. The maximum absolute atomic E-state index is 13.1. The van der Waals surface area contributed by atoms with Crippen molar-refractivity contribution in [2.24, 2.45) is 0 Å². The van der Waals surface area contributed by atoms with E-state index in [2.05, 4.69) is 4.98 Å². The zero-order valence-electron chi connectivity index (χ0n) is 15.1. The molecule has 3 aromatic rings. The van der Waals surface area contributed by atoms with E-state index in [0.29, 0.717) is 24.2 Å². The standard InChI is InChI=1S/C21H23N3O2/c1-23(2)12-13-24(15-16-8-4-3-5-9-16)21(26)19-14-17-10-6-7-11-18(17)20(25)22-19/h3-11,14H,12-13,15H2,1-2H3,(H,22,25). The van der Waals surface area contributed by atoms with E-state index in [9.17, 15) is 9.59 Å². The molecule has 0 aliphatic heterocycles. The van der Waals surface area contributed by atoms with Gasteiger partial charge in [-0.2, -0.15) is 0 Å². The average Bonchev–Trinajstić information content (AvgIpc) is 2.65. The van der Waals surface area contributed by atoms with E-state index in [1.54, 1.807) is 17.0 Å². The molecule has 5 nitrogen and oxygen atoms in total. The van der Waals surface area contributed by atoms with Crippen molar-refractivity contribution in [2.45, 2.75) is 6.54 Å². The highest BCUT2D eigenvalue weighted by atomic mass is 16.2. The smallest absolute Gasteiger partial charge is 0.270 e. The number of hydrogen-bond acceptors (Lipinski definition) is 3. The molecule has 5 heteroatoms. The number of carbonyl (C=O) groups excluding carboxylic acids is 1. The molecule has 0 bridgehead atoms. The second kappa shape index (κ2) is 7.97. The van der Waals surface area contributed by atoms with Crippen molar-refractivity contribution in [3.8, 4) is 0 Å². The van der Waals surface area contributed by atoms with Crippen molar-refractivity contribution in [1.82, 2.24) is 14.8 Å². The van der Waals surface area contributed by atoms with Crippen molar-refractivity contribution in [1.29, 1.82) is 0 Å². The second-order valence-corrected chi connectivity index (χ2v) is 6.61. The first-order valence-electron chi connectivity index (χ1n) is 8.64. The summed E-state index contributed by atoms with van der Waals surface area (Å²) in [5.41, 5.74) is 1.14. The summed E-state index contributed by atoms with van der Waals surface area (Å²) in [7, 11) is 3.95. The summed E-state index contributed by atoms with van der Waals surface area (Å²) in [6.45, 7) is 1.83. The molecule has 0 aliphatic carbocycles. The minimum absolute atomic E-state index is 0.168. The Bertz CT molecular complexity index is 948. The van der Waals surface area contributed by atoms with Gasteiger partial charge in [0, 0.05) is 25.0 Å². The molecule has 0 spiro atoms. The fraction of sp³-hybridized carbons (Fsp3) is 0.238. The van der Waals surface area contributed by atoms with E-state index in [-0.39, 0.29) is 11.5 Å². The molecule has 1 N–H and O–H groups in total. The molecular weight excluding hydrogens is 326 g/mol. The minimum Gasteiger partial charge on any atom is -0.332 e. The highest BCUT2D eigenvalue weighted by molar-refractivity contribution is 5.96. The molecule has 1 aromatic heterocycles. The predicted octanol–water partition coefficient (Wildman–Crippen LogP) is 2.73. The number of carbonyl (C=O) groups is 1. The lowest BCUT2D eigenvalue weighted by molar-refractivity contribution is 0.0726. The summed E-state index contributed by atoms with van der Waals surface area (Å²) in [4.78, 5) is 32.0. The molecule has 1 amide bonds. The first-order chi connectivity index (χ1) is 12.5. The van der Waals surface area contributed by atoms with Gasteiger partial charge in [0.25, 0.3) is 11.5 Å². The Labute approximate surface area is 152 Å². The van der Waals surface area contributed by atoms with Crippen LogP contribution in [-0.4, -0.2) is 47.9 Å². The van der Waals surface area contributed by atoms with Gasteiger partial charge >= 0.3 is 0 Å². The third-order valence-electron chi connectivity index (χ3n) is 4.30. The molecule has 0 atom stereocenters. The van der Waals surface area contributed by atoms with E-state index in [1.807, 2.05) is 67.5 Å². The molecule has 2 aromatic carbocycles. The van der Waals surface area contributed by atoms with E-state index in [0.717, 1.165) is 17.5 Å². The van der Waals surface area contributed by atoms with Gasteiger partial charge in [-0.25, -0.2) is 0 Å². The van der Waals surface area contributed by atoms with Crippen molar-refractivity contribution in [3.63, 3.8) is 0 Å². The summed E-state index contributed by atoms with van der Waals surface area (Å²) < 4.78 is 0. The Morgan fingerprint density at radius 1 is 0.962 bits per heavy atom. The van der Waals surface area contributed by atoms with E-state index >= 15 is 0 Å². The molecule has 0 aliphatic rings. The van der Waals surface area contributed by atoms with Crippen molar-refractivity contribution >= 4 is 16.7 Å². The Balaban J connectivity index is 1.92. The fourth-order valence-electron chi connectivity index (χ4n) is 2.87. The zero-order valence-corrected chi connectivity index (χ0v) is 15.1. The van der Waals surface area contributed by atoms with Crippen molar-refractivity contribution in [3.05, 3.63) is 82.3 Å². The number of fused-ring (bicyclic) bond motifs is 1. The van der Waals surface area contributed by atoms with Crippen molar-refractivity contribution < 1.29 is 4.79 Å². The zero-order chi connectivity index (χ0) is 18.5. The van der Waals surface area contributed by atoms with Crippen LogP contribution in [0.4, 0.5) is 0 Å². The fourth-order valence-corrected chi connectivity index (χ4v) is 2.87. The van der Waals surface area contributed by atoms with Gasteiger partial charge in [-0.3, -0.25) is 9.59 Å². The first kappa shape index (κ1) is 17.9. The molecule has 0 unspecified atom stereocenters. The van der Waals surface area contributed by atoms with Crippen LogP contribution in [0.2, 0.25) is 0 Å². The summed E-state index contributed by atoms with van der Waals surface area (Å²) in [5.74, 6) is -0.168. The SMILES string of the molecule is CN(C)CCN(Cc1ccccc1)C(=O)c1cc2ccccc2c(=O)[nH]1. The molecule has 134 valence electrons. The van der Waals surface area contributed by atoms with Gasteiger partial charge in [-0.15, -0.1) is 0 Å². The molecule has 0 fully saturated rings. The van der Waals surface area contributed by atoms with Gasteiger partial charge in [0.1, 0.15) is 5.69 Å². The number of amides is 1. The molecule has 0 saturated carbocycles. The minimum atomic E-state index is -0.237. The lowest BCUT2D eigenvalue weighted by Crippen LogP contribution is -2.37. The third kappa shape index (κ3) is 4.18. The van der Waals surface area contributed by atoms with Crippen LogP contribution < -0.4 is 5.56 Å². The quantitative estimate of drug-likeness (QED) is 0.744. The first-order valence-corrected chi connectivity index (χ1v) is 8.64. The predicted molar refractivity (Wildman–Crippen MR) is 104 cm³/mol. The molecule has 3 rings (SSSR count). The number of likely N-dealkylation sites (N-methyl/N-ethyl adjacent to an activating group) is 1. The van der Waals surface area contributed by atoms with Crippen molar-refractivity contribution in [2.75, 3.05) is 27.2 Å². The van der Waals surface area contributed by atoms with Gasteiger partial charge < -0.3 is 14.8 Å². The summed E-state index contributed by atoms with van der Waals surface area (Å²) in [5, 5.41) is 1.36. The maximum atomic E-state index is 13.1. The monoisotopic (exact) mass is 349 g/mol. The Kier molecular flexibility index (Phi) is 5.49. The van der Waals surface area contributed by atoms with Crippen LogP contribution in [0.25, 0.3) is 10.8 Å². The number of nitrogens with one attached hydrogen (secondary N) is 1. The maximum Gasteiger partial charge on any atom is 0.270 e. The van der Waals surface area contributed by atoms with Crippen LogP contribution in [0.15, 0.2) is 65.5 Å². The molecule has 0 saturated heterocycles. The number of aromatic nitrogens is 1. The highest BCUT2D eigenvalue weighted by Crippen LogP contribution is 2.13. The van der Waals surface area contributed by atoms with Gasteiger partial charge in [-0.1, -0.05) is 48.5 Å². The second-order valence-electron chi connectivity index (χ2n) is 6.61. The van der Waals surface area contributed by atoms with Crippen LogP contribution in [0.3, 0.4) is 0 Å². The van der Waals surface area contributed by atoms with Gasteiger partial charge in [0.05, 0.1) is 0 Å². The van der Waals surface area contributed by atoms with Gasteiger partial charge in [-0.05, 0) is 37.2 Å². The van der Waals surface area contributed by atoms with Gasteiger partial charge in [0.15, 0.2) is 0 Å². The highest BCUT2D eigenvalue weighted by Gasteiger charge is 2.18. The average molecular weight is 349 g/mol. The summed E-state index contributed by atoms with van der Waals surface area (Å²) in [6.07, 6.45) is 0. The van der Waals surface area contributed by atoms with Crippen LogP contribution in [0.1, 0.15) is 16.1 Å². The Hall–Kier alpha value is -2.92. The molecule has 0 radical (unpaired) electrons. The van der Waals surface area contributed by atoms with E-state index in [4.69, 9.17) is 0 Å². The number of nitrogens with zero attached hydrogens (tertiary/aromatic N) is 2. The molecule has 1 heterocycles. The number of aromatic amines is 1. The van der Waals surface area contributed by atoms with Crippen LogP contribution in [0.5, 0.6) is 0 Å². The summed E-state index contributed by atoms with van der Waals surface area (Å²) in [6, 6.07) is 18.9. The van der Waals surface area contributed by atoms with E-state index < -0.39 is 0 Å². The third-order valence-corrected chi connectivity index (χ3v) is 4.30. The van der Waals surface area contributed by atoms with Crippen LogP contribution in [0, 0.1) is 0 Å². The lowest BCUT2D eigenvalue weighted by Gasteiger charge is -2.24. The number of hydrogen-bond donors (Lipinski definition) is 1. The largest absolute Gasteiger partial charge is 0.332 e. The number of rotatable bonds is 6. The topological polar surface area (TPSA) is 56.4 Å². The molecular formula is C21H23N3O2. The normalized spacial score (nSPS) is 11.0. The van der Waals surface area contributed by atoms with Crippen LogP contribution in [-0.2, 0) is 6.54 Å². The van der Waals surface area contributed by atoms with E-state index in [1.165, 1.54) is 0 Å². The number of pyridine rings is 1. The Morgan fingerprint density at radius 3 is 2.38 bits per heavy atom. The van der Waals surface area contributed by atoms with Gasteiger partial charge in [0.2, 0.25) is 0 Å². The number of H-pyrrole nitrogens is 1.